The maximum atomic E-state index is 9.49. The van der Waals surface area contributed by atoms with Gasteiger partial charge in [-0.25, -0.2) is 0 Å². The molecule has 2 nitrogen and oxygen atoms in total. The molecule has 1 aromatic carbocycles. The summed E-state index contributed by atoms with van der Waals surface area (Å²) in [5, 5.41) is 10.2. The van der Waals surface area contributed by atoms with E-state index in [1.807, 2.05) is 12.1 Å². The van der Waals surface area contributed by atoms with Gasteiger partial charge in [0.05, 0.1) is 6.10 Å². The van der Waals surface area contributed by atoms with E-state index in [1.165, 1.54) is 0 Å². The normalized spacial score (nSPS) is 11.9. The molecule has 0 aliphatic heterocycles. The molecule has 0 amide bonds. The van der Waals surface area contributed by atoms with Crippen LogP contribution < -0.4 is 5.73 Å². The van der Waals surface area contributed by atoms with Crippen LogP contribution in [0.15, 0.2) is 24.3 Å². The van der Waals surface area contributed by atoms with E-state index in [1.54, 1.807) is 12.1 Å². The van der Waals surface area contributed by atoms with Crippen LogP contribution in [0.2, 0.25) is 5.02 Å². The first-order valence-electron chi connectivity index (χ1n) is 3.87. The van der Waals surface area contributed by atoms with Gasteiger partial charge in [-0.15, -0.1) is 12.4 Å². The summed E-state index contributed by atoms with van der Waals surface area (Å²) in [6.07, 6.45) is 0.119. The Morgan fingerprint density at radius 1 is 1.31 bits per heavy atom. The number of rotatable bonds is 3. The van der Waals surface area contributed by atoms with E-state index >= 15 is 0 Å². The molecule has 13 heavy (non-hydrogen) atoms. The van der Waals surface area contributed by atoms with Gasteiger partial charge in [-0.1, -0.05) is 23.7 Å². The zero-order valence-corrected chi connectivity index (χ0v) is 8.68. The molecule has 0 saturated heterocycles. The van der Waals surface area contributed by atoms with Crippen molar-refractivity contribution in [1.82, 2.24) is 0 Å². The highest BCUT2D eigenvalue weighted by Crippen LogP contribution is 2.18. The van der Waals surface area contributed by atoms with Crippen LogP contribution in [0.25, 0.3) is 0 Å². The monoisotopic (exact) mass is 221 g/mol. The van der Waals surface area contributed by atoms with Crippen molar-refractivity contribution in [1.29, 1.82) is 0 Å². The van der Waals surface area contributed by atoms with Gasteiger partial charge in [0.25, 0.3) is 0 Å². The van der Waals surface area contributed by atoms with Gasteiger partial charge in [-0.05, 0) is 30.7 Å². The van der Waals surface area contributed by atoms with Crippen molar-refractivity contribution in [2.24, 2.45) is 5.73 Å². The van der Waals surface area contributed by atoms with E-state index in [0.29, 0.717) is 18.0 Å². The Labute approximate surface area is 89.1 Å². The maximum Gasteiger partial charge on any atom is 0.0802 e. The van der Waals surface area contributed by atoms with Gasteiger partial charge in [0.1, 0.15) is 0 Å². The minimum Gasteiger partial charge on any atom is -0.388 e. The number of aliphatic hydroxyl groups is 1. The third kappa shape index (κ3) is 3.96. The molecule has 3 N–H and O–H groups in total. The Hall–Kier alpha value is -0.280. The van der Waals surface area contributed by atoms with E-state index in [0.717, 1.165) is 5.56 Å². The first-order valence-corrected chi connectivity index (χ1v) is 4.25. The molecule has 0 bridgehead atoms. The van der Waals surface area contributed by atoms with Gasteiger partial charge in [0.15, 0.2) is 0 Å². The molecule has 1 rings (SSSR count). The van der Waals surface area contributed by atoms with Gasteiger partial charge < -0.3 is 10.8 Å². The lowest BCUT2D eigenvalue weighted by Crippen LogP contribution is -2.06. The predicted molar refractivity (Wildman–Crippen MR) is 57.3 cm³/mol. The summed E-state index contributed by atoms with van der Waals surface area (Å²) in [7, 11) is 0. The van der Waals surface area contributed by atoms with Crippen molar-refractivity contribution in [3.05, 3.63) is 34.9 Å². The van der Waals surface area contributed by atoms with Crippen LogP contribution in [-0.4, -0.2) is 11.7 Å². The molecule has 0 unspecified atom stereocenters. The Balaban J connectivity index is 0.00000144. The Kier molecular flexibility index (Phi) is 6.08. The van der Waals surface area contributed by atoms with Gasteiger partial charge >= 0.3 is 0 Å². The van der Waals surface area contributed by atoms with Crippen molar-refractivity contribution >= 4 is 24.0 Å². The largest absolute Gasteiger partial charge is 0.388 e. The predicted octanol–water partition coefficient (Wildman–Crippen LogP) is 2.14. The van der Waals surface area contributed by atoms with E-state index in [4.69, 9.17) is 17.3 Å². The lowest BCUT2D eigenvalue weighted by Gasteiger charge is -2.08. The van der Waals surface area contributed by atoms with Crippen LogP contribution in [0.4, 0.5) is 0 Å². The van der Waals surface area contributed by atoms with Crippen molar-refractivity contribution in [3.63, 3.8) is 0 Å². The quantitative estimate of drug-likeness (QED) is 0.822. The summed E-state index contributed by atoms with van der Waals surface area (Å²) in [6.45, 7) is 0.490. The van der Waals surface area contributed by atoms with Crippen molar-refractivity contribution < 1.29 is 5.11 Å². The van der Waals surface area contributed by atoms with E-state index in [-0.39, 0.29) is 12.4 Å². The number of aliphatic hydroxyl groups excluding tert-OH is 1. The third-order valence-electron chi connectivity index (χ3n) is 1.69. The molecular weight excluding hydrogens is 209 g/mol. The van der Waals surface area contributed by atoms with Crippen LogP contribution in [0.1, 0.15) is 18.1 Å². The topological polar surface area (TPSA) is 46.2 Å². The first-order chi connectivity index (χ1) is 5.74. The van der Waals surface area contributed by atoms with Gasteiger partial charge in [0.2, 0.25) is 0 Å². The van der Waals surface area contributed by atoms with Gasteiger partial charge in [-0.3, -0.25) is 0 Å². The minimum absolute atomic E-state index is 0. The molecule has 0 aromatic heterocycles. The second kappa shape index (κ2) is 6.22. The fraction of sp³-hybridized carbons (Fsp3) is 0.333. The molecule has 0 aliphatic rings. The number of nitrogens with two attached hydrogens (primary N) is 1. The van der Waals surface area contributed by atoms with E-state index in [9.17, 15) is 5.11 Å². The van der Waals surface area contributed by atoms with Crippen molar-refractivity contribution in [2.75, 3.05) is 6.54 Å². The fourth-order valence-corrected chi connectivity index (χ4v) is 1.14. The summed E-state index contributed by atoms with van der Waals surface area (Å²) in [6, 6.07) is 7.14. The summed E-state index contributed by atoms with van der Waals surface area (Å²) < 4.78 is 0. The molecule has 0 spiro atoms. The molecule has 0 fully saturated rings. The smallest absolute Gasteiger partial charge is 0.0802 e. The zero-order chi connectivity index (χ0) is 8.97. The maximum absolute atomic E-state index is 9.49. The average Bonchev–Trinajstić information content (AvgIpc) is 2.06. The van der Waals surface area contributed by atoms with Gasteiger partial charge in [0, 0.05) is 5.02 Å². The zero-order valence-electron chi connectivity index (χ0n) is 7.11. The summed E-state index contributed by atoms with van der Waals surface area (Å²) >= 11 is 5.69. The lowest BCUT2D eigenvalue weighted by atomic mass is 10.1. The molecule has 74 valence electrons. The molecule has 0 heterocycles. The fourth-order valence-electron chi connectivity index (χ4n) is 1.01. The van der Waals surface area contributed by atoms with Crippen LogP contribution in [0.3, 0.4) is 0 Å². The highest BCUT2D eigenvalue weighted by molar-refractivity contribution is 6.30. The standard InChI is InChI=1S/C9H12ClNO.ClH/c10-8-3-1-7(2-4-8)9(12)5-6-11;/h1-4,9,12H,5-6,11H2;1H/t9-;/m0./s1. The number of benzene rings is 1. The van der Waals surface area contributed by atoms with Gasteiger partial charge in [-0.2, -0.15) is 0 Å². The van der Waals surface area contributed by atoms with Crippen LogP contribution in [0.5, 0.6) is 0 Å². The molecule has 1 atom stereocenters. The molecule has 0 radical (unpaired) electrons. The number of halogens is 2. The summed E-state index contributed by atoms with van der Waals surface area (Å²) in [4.78, 5) is 0. The summed E-state index contributed by atoms with van der Waals surface area (Å²) in [5.74, 6) is 0. The molecule has 1 aromatic rings. The van der Waals surface area contributed by atoms with E-state index in [2.05, 4.69) is 0 Å². The second-order valence-corrected chi connectivity index (χ2v) is 3.08. The Bertz CT molecular complexity index is 238. The van der Waals surface area contributed by atoms with Crippen LogP contribution in [0, 0.1) is 0 Å². The van der Waals surface area contributed by atoms with Crippen molar-refractivity contribution in [2.45, 2.75) is 12.5 Å². The Morgan fingerprint density at radius 3 is 2.31 bits per heavy atom. The molecule has 0 saturated carbocycles. The van der Waals surface area contributed by atoms with Crippen LogP contribution >= 0.6 is 24.0 Å². The average molecular weight is 222 g/mol. The number of hydrogen-bond donors (Lipinski definition) is 2. The van der Waals surface area contributed by atoms with Crippen LogP contribution in [-0.2, 0) is 0 Å². The lowest BCUT2D eigenvalue weighted by molar-refractivity contribution is 0.170. The SMILES string of the molecule is Cl.NCC[C@H](O)c1ccc(Cl)cc1. The number of hydrogen-bond acceptors (Lipinski definition) is 2. The highest BCUT2D eigenvalue weighted by atomic mass is 35.5. The summed E-state index contributed by atoms with van der Waals surface area (Å²) in [5.41, 5.74) is 6.18. The van der Waals surface area contributed by atoms with Crippen molar-refractivity contribution in [3.8, 4) is 0 Å². The molecule has 0 aliphatic carbocycles. The third-order valence-corrected chi connectivity index (χ3v) is 1.95. The highest BCUT2D eigenvalue weighted by Gasteiger charge is 2.04. The minimum atomic E-state index is -0.465. The molecular formula is C9H13Cl2NO. The first kappa shape index (κ1) is 12.7. The molecule has 4 heteroatoms. The Morgan fingerprint density at radius 2 is 1.85 bits per heavy atom. The van der Waals surface area contributed by atoms with E-state index < -0.39 is 6.10 Å². The second-order valence-electron chi connectivity index (χ2n) is 2.64.